The van der Waals surface area contributed by atoms with Gasteiger partial charge in [0.15, 0.2) is 5.96 Å². The van der Waals surface area contributed by atoms with Crippen molar-refractivity contribution < 1.29 is 0 Å². The molecule has 1 aromatic rings. The lowest BCUT2D eigenvalue weighted by molar-refractivity contribution is 0.939. The summed E-state index contributed by atoms with van der Waals surface area (Å²) in [5, 5.41) is 3.00. The Hall–Kier alpha value is -1.04. The monoisotopic (exact) mass is 345 g/mol. The van der Waals surface area contributed by atoms with Gasteiger partial charge in [0.1, 0.15) is 0 Å². The lowest BCUT2D eigenvalue weighted by atomic mass is 10.1. The average molecular weight is 345 g/mol. The van der Waals surface area contributed by atoms with Gasteiger partial charge in [0, 0.05) is 6.54 Å². The van der Waals surface area contributed by atoms with E-state index in [9.17, 15) is 0 Å². The fourth-order valence-corrected chi connectivity index (χ4v) is 1.28. The van der Waals surface area contributed by atoms with Crippen molar-refractivity contribution >= 4 is 29.9 Å². The quantitative estimate of drug-likeness (QED) is 0.381. The molecule has 0 radical (unpaired) electrons. The summed E-state index contributed by atoms with van der Waals surface area (Å²) in [6.07, 6.45) is 0. The van der Waals surface area contributed by atoms with Crippen LogP contribution >= 0.6 is 24.0 Å². The standard InChI is InChI=1S/C13H19N3.HI/c1-10(2)8-15-13(14)16-9-12-6-4-5-11(3)7-12;/h4-7H,1,8-9H2,2-3H3,(H3,14,15,16);1H. The van der Waals surface area contributed by atoms with E-state index in [4.69, 9.17) is 5.73 Å². The van der Waals surface area contributed by atoms with Crippen LogP contribution in [0, 0.1) is 6.92 Å². The van der Waals surface area contributed by atoms with Crippen LogP contribution in [0.2, 0.25) is 0 Å². The lowest BCUT2D eigenvalue weighted by Crippen LogP contribution is -2.32. The Morgan fingerprint density at radius 1 is 1.47 bits per heavy atom. The van der Waals surface area contributed by atoms with Crippen LogP contribution in [0.3, 0.4) is 0 Å². The molecular weight excluding hydrogens is 325 g/mol. The average Bonchev–Trinajstić information content (AvgIpc) is 2.23. The fraction of sp³-hybridized carbons (Fsp3) is 0.308. The number of benzene rings is 1. The molecule has 0 fully saturated rings. The molecule has 0 heterocycles. The number of hydrogen-bond donors (Lipinski definition) is 2. The zero-order valence-electron chi connectivity index (χ0n) is 10.4. The van der Waals surface area contributed by atoms with Gasteiger partial charge in [-0.2, -0.15) is 0 Å². The number of rotatable bonds is 4. The highest BCUT2D eigenvalue weighted by molar-refractivity contribution is 14.0. The van der Waals surface area contributed by atoms with Crippen molar-refractivity contribution in [1.82, 2.24) is 5.32 Å². The lowest BCUT2D eigenvalue weighted by Gasteiger charge is -2.05. The van der Waals surface area contributed by atoms with Crippen LogP contribution in [-0.4, -0.2) is 12.5 Å². The normalized spacial score (nSPS) is 10.6. The third-order valence-electron chi connectivity index (χ3n) is 2.09. The Bertz CT molecular complexity index is 399. The first-order valence-electron chi connectivity index (χ1n) is 5.31. The summed E-state index contributed by atoms with van der Waals surface area (Å²) in [6.45, 7) is 9.07. The van der Waals surface area contributed by atoms with Gasteiger partial charge >= 0.3 is 0 Å². The molecule has 0 unspecified atom stereocenters. The van der Waals surface area contributed by atoms with Crippen molar-refractivity contribution in [3.05, 3.63) is 47.5 Å². The maximum absolute atomic E-state index is 5.71. The van der Waals surface area contributed by atoms with E-state index in [2.05, 4.69) is 35.9 Å². The molecule has 0 aliphatic carbocycles. The number of hydrogen-bond acceptors (Lipinski definition) is 1. The number of guanidine groups is 1. The molecule has 17 heavy (non-hydrogen) atoms. The van der Waals surface area contributed by atoms with Gasteiger partial charge in [-0.1, -0.05) is 42.0 Å². The Kier molecular flexibility index (Phi) is 7.61. The van der Waals surface area contributed by atoms with E-state index in [1.54, 1.807) is 0 Å². The van der Waals surface area contributed by atoms with E-state index in [1.165, 1.54) is 11.1 Å². The van der Waals surface area contributed by atoms with Crippen LogP contribution in [0.25, 0.3) is 0 Å². The Morgan fingerprint density at radius 2 is 2.18 bits per heavy atom. The number of halogens is 1. The summed E-state index contributed by atoms with van der Waals surface area (Å²) in [5.74, 6) is 0.463. The zero-order chi connectivity index (χ0) is 12.0. The van der Waals surface area contributed by atoms with E-state index < -0.39 is 0 Å². The van der Waals surface area contributed by atoms with Gasteiger partial charge < -0.3 is 11.1 Å². The van der Waals surface area contributed by atoms with Gasteiger partial charge in [-0.15, -0.1) is 24.0 Å². The summed E-state index contributed by atoms with van der Waals surface area (Å²) in [6, 6.07) is 8.24. The highest BCUT2D eigenvalue weighted by atomic mass is 127. The number of aliphatic imine (C=N–C) groups is 1. The molecule has 1 rings (SSSR count). The van der Waals surface area contributed by atoms with Crippen LogP contribution in [-0.2, 0) is 6.54 Å². The molecule has 0 aromatic heterocycles. The number of nitrogens with two attached hydrogens (primary N) is 1. The summed E-state index contributed by atoms with van der Waals surface area (Å²) in [4.78, 5) is 4.25. The van der Waals surface area contributed by atoms with Gasteiger partial charge in [-0.25, -0.2) is 4.99 Å². The predicted molar refractivity (Wildman–Crippen MR) is 84.7 cm³/mol. The van der Waals surface area contributed by atoms with Crippen molar-refractivity contribution in [1.29, 1.82) is 0 Å². The van der Waals surface area contributed by atoms with E-state index in [1.807, 2.05) is 19.1 Å². The van der Waals surface area contributed by atoms with Crippen LogP contribution in [0.5, 0.6) is 0 Å². The molecule has 0 spiro atoms. The van der Waals surface area contributed by atoms with Gasteiger partial charge in [-0.3, -0.25) is 0 Å². The molecule has 0 saturated heterocycles. The number of nitrogens with zero attached hydrogens (tertiary/aromatic N) is 1. The van der Waals surface area contributed by atoms with Crippen LogP contribution in [0.1, 0.15) is 18.1 Å². The first kappa shape index (κ1) is 16.0. The molecule has 0 saturated carbocycles. The maximum Gasteiger partial charge on any atom is 0.189 e. The second-order valence-electron chi connectivity index (χ2n) is 4.00. The van der Waals surface area contributed by atoms with Gasteiger partial charge in [0.25, 0.3) is 0 Å². The second-order valence-corrected chi connectivity index (χ2v) is 4.00. The molecular formula is C13H20IN3. The number of nitrogens with one attached hydrogen (secondary N) is 1. The SMILES string of the molecule is C=C(C)CNC(N)=NCc1cccc(C)c1.I. The zero-order valence-corrected chi connectivity index (χ0v) is 12.7. The van der Waals surface area contributed by atoms with Crippen molar-refractivity contribution in [2.24, 2.45) is 10.7 Å². The van der Waals surface area contributed by atoms with Crippen LogP contribution in [0.4, 0.5) is 0 Å². The Balaban J connectivity index is 0.00000256. The van der Waals surface area contributed by atoms with Crippen molar-refractivity contribution in [3.8, 4) is 0 Å². The van der Waals surface area contributed by atoms with Gasteiger partial charge in [0.2, 0.25) is 0 Å². The minimum absolute atomic E-state index is 0. The third kappa shape index (κ3) is 6.99. The van der Waals surface area contributed by atoms with E-state index in [0.29, 0.717) is 19.0 Å². The summed E-state index contributed by atoms with van der Waals surface area (Å²) >= 11 is 0. The van der Waals surface area contributed by atoms with E-state index >= 15 is 0 Å². The topological polar surface area (TPSA) is 50.4 Å². The molecule has 0 atom stereocenters. The molecule has 3 nitrogen and oxygen atoms in total. The molecule has 4 heteroatoms. The molecule has 0 aliphatic rings. The van der Waals surface area contributed by atoms with Crippen molar-refractivity contribution in [2.75, 3.05) is 6.54 Å². The minimum atomic E-state index is 0. The Labute approximate surface area is 120 Å². The highest BCUT2D eigenvalue weighted by Gasteiger charge is 1.93. The molecule has 0 aliphatic heterocycles. The van der Waals surface area contributed by atoms with Gasteiger partial charge in [-0.05, 0) is 19.4 Å². The summed E-state index contributed by atoms with van der Waals surface area (Å²) in [5.41, 5.74) is 9.15. The first-order valence-corrected chi connectivity index (χ1v) is 5.31. The fourth-order valence-electron chi connectivity index (χ4n) is 1.28. The summed E-state index contributed by atoms with van der Waals surface area (Å²) < 4.78 is 0. The third-order valence-corrected chi connectivity index (χ3v) is 2.09. The molecule has 0 amide bonds. The van der Waals surface area contributed by atoms with Gasteiger partial charge in [0.05, 0.1) is 6.54 Å². The smallest absolute Gasteiger partial charge is 0.189 e. The molecule has 94 valence electrons. The molecule has 0 bridgehead atoms. The number of aryl methyl sites for hydroxylation is 1. The predicted octanol–water partition coefficient (Wildman–Crippen LogP) is 2.59. The van der Waals surface area contributed by atoms with Crippen LogP contribution < -0.4 is 11.1 Å². The van der Waals surface area contributed by atoms with Crippen molar-refractivity contribution in [2.45, 2.75) is 20.4 Å². The molecule has 1 aromatic carbocycles. The van der Waals surface area contributed by atoms with Crippen molar-refractivity contribution in [3.63, 3.8) is 0 Å². The summed E-state index contributed by atoms with van der Waals surface area (Å²) in [7, 11) is 0. The highest BCUT2D eigenvalue weighted by Crippen LogP contribution is 2.04. The molecule has 3 N–H and O–H groups in total. The van der Waals surface area contributed by atoms with Crippen LogP contribution in [0.15, 0.2) is 41.4 Å². The van der Waals surface area contributed by atoms with E-state index in [0.717, 1.165) is 5.57 Å². The van der Waals surface area contributed by atoms with E-state index in [-0.39, 0.29) is 24.0 Å². The minimum Gasteiger partial charge on any atom is -0.370 e. The Morgan fingerprint density at radius 3 is 2.76 bits per heavy atom. The second kappa shape index (κ2) is 8.11. The first-order chi connectivity index (χ1) is 7.58. The maximum atomic E-state index is 5.71. The largest absolute Gasteiger partial charge is 0.370 e.